The van der Waals surface area contributed by atoms with Crippen molar-refractivity contribution < 1.29 is 14.6 Å². The summed E-state index contributed by atoms with van der Waals surface area (Å²) in [5.41, 5.74) is 1.86. The van der Waals surface area contributed by atoms with Crippen molar-refractivity contribution in [3.63, 3.8) is 0 Å². The maximum absolute atomic E-state index is 13.1. The van der Waals surface area contributed by atoms with Crippen molar-refractivity contribution in [3.8, 4) is 11.5 Å². The maximum atomic E-state index is 13.1. The number of fused-ring (bicyclic) bond motifs is 3. The molecular weight excluding hydrogens is 304 g/mol. The van der Waals surface area contributed by atoms with Crippen LogP contribution in [0.15, 0.2) is 12.1 Å². The van der Waals surface area contributed by atoms with Gasteiger partial charge >= 0.3 is 0 Å². The predicted molar refractivity (Wildman–Crippen MR) is 93.3 cm³/mol. The molecule has 24 heavy (non-hydrogen) atoms. The standard InChI is InChI=1S/C19H28N2O3/c1-18(2,3)10-14-17(23)21-7-6-12-8-15(22)16(24-5)9-13(12)19(21,4)11-20-14/h8-9,14,20,22H,6-7,10-11H2,1-5H3/t14-,19-/m1/s1. The third kappa shape index (κ3) is 2.75. The summed E-state index contributed by atoms with van der Waals surface area (Å²) in [5.74, 6) is 0.798. The second-order valence-corrected chi connectivity index (χ2v) is 8.39. The van der Waals surface area contributed by atoms with E-state index in [0.29, 0.717) is 18.8 Å². The van der Waals surface area contributed by atoms with Crippen molar-refractivity contribution in [2.45, 2.75) is 52.1 Å². The first-order valence-electron chi connectivity index (χ1n) is 8.61. The molecule has 1 fully saturated rings. The number of aromatic hydroxyl groups is 1. The van der Waals surface area contributed by atoms with E-state index in [0.717, 1.165) is 24.0 Å². The minimum absolute atomic E-state index is 0.101. The Morgan fingerprint density at radius 3 is 2.75 bits per heavy atom. The maximum Gasteiger partial charge on any atom is 0.240 e. The highest BCUT2D eigenvalue weighted by molar-refractivity contribution is 5.84. The molecule has 1 amide bonds. The lowest BCUT2D eigenvalue weighted by atomic mass is 9.77. The fourth-order valence-electron chi connectivity index (χ4n) is 4.02. The smallest absolute Gasteiger partial charge is 0.240 e. The summed E-state index contributed by atoms with van der Waals surface area (Å²) in [6.45, 7) is 9.98. The van der Waals surface area contributed by atoms with Gasteiger partial charge in [-0.05, 0) is 48.4 Å². The van der Waals surface area contributed by atoms with Crippen LogP contribution in [0.5, 0.6) is 11.5 Å². The Kier molecular flexibility index (Phi) is 4.03. The fraction of sp³-hybridized carbons (Fsp3) is 0.632. The highest BCUT2D eigenvalue weighted by Gasteiger charge is 2.47. The molecule has 0 aromatic heterocycles. The van der Waals surface area contributed by atoms with Crippen LogP contribution in [0.4, 0.5) is 0 Å². The third-order valence-electron chi connectivity index (χ3n) is 5.26. The zero-order valence-electron chi connectivity index (χ0n) is 15.3. The van der Waals surface area contributed by atoms with Gasteiger partial charge in [0, 0.05) is 13.1 Å². The van der Waals surface area contributed by atoms with Gasteiger partial charge in [-0.1, -0.05) is 20.8 Å². The fourth-order valence-corrected chi connectivity index (χ4v) is 4.02. The Morgan fingerprint density at radius 2 is 2.12 bits per heavy atom. The van der Waals surface area contributed by atoms with Gasteiger partial charge in [-0.25, -0.2) is 0 Å². The summed E-state index contributed by atoms with van der Waals surface area (Å²) in [4.78, 5) is 15.1. The molecule has 2 atom stereocenters. The zero-order valence-corrected chi connectivity index (χ0v) is 15.3. The number of hydrogen-bond donors (Lipinski definition) is 2. The number of hydrogen-bond acceptors (Lipinski definition) is 4. The number of amides is 1. The van der Waals surface area contributed by atoms with E-state index in [4.69, 9.17) is 4.74 Å². The number of nitrogens with one attached hydrogen (secondary N) is 1. The number of benzene rings is 1. The molecule has 0 unspecified atom stereocenters. The van der Waals surface area contributed by atoms with Gasteiger partial charge in [-0.15, -0.1) is 0 Å². The van der Waals surface area contributed by atoms with E-state index in [-0.39, 0.29) is 23.1 Å². The number of nitrogens with zero attached hydrogens (tertiary/aromatic N) is 1. The number of carbonyl (C=O) groups is 1. The molecule has 0 spiro atoms. The van der Waals surface area contributed by atoms with E-state index in [1.165, 1.54) is 0 Å². The lowest BCUT2D eigenvalue weighted by Gasteiger charge is -2.52. The molecule has 5 heteroatoms. The second kappa shape index (κ2) is 5.66. The van der Waals surface area contributed by atoms with E-state index in [1.54, 1.807) is 13.2 Å². The van der Waals surface area contributed by atoms with Gasteiger partial charge in [-0.3, -0.25) is 4.79 Å². The molecule has 2 aliphatic heterocycles. The molecular formula is C19H28N2O3. The van der Waals surface area contributed by atoms with Gasteiger partial charge < -0.3 is 20.1 Å². The Hall–Kier alpha value is -1.75. The van der Waals surface area contributed by atoms with E-state index < -0.39 is 5.54 Å². The topological polar surface area (TPSA) is 61.8 Å². The van der Waals surface area contributed by atoms with Crippen LogP contribution in [-0.4, -0.2) is 42.2 Å². The number of phenolic OH excluding ortho intramolecular Hbond substituents is 1. The Bertz CT molecular complexity index is 665. The number of phenols is 1. The molecule has 3 rings (SSSR count). The first kappa shape index (κ1) is 17.1. The summed E-state index contributed by atoms with van der Waals surface area (Å²) in [7, 11) is 1.55. The predicted octanol–water partition coefficient (Wildman–Crippen LogP) is 2.41. The Balaban J connectivity index is 1.96. The van der Waals surface area contributed by atoms with Crippen LogP contribution in [0.2, 0.25) is 0 Å². The average molecular weight is 332 g/mol. The molecule has 0 radical (unpaired) electrons. The molecule has 1 aromatic carbocycles. The SMILES string of the molecule is COc1cc2c(cc1O)CCN1C(=O)[C@@H](CC(C)(C)C)NC[C@]21C. The molecule has 2 N–H and O–H groups in total. The lowest BCUT2D eigenvalue weighted by Crippen LogP contribution is -2.66. The summed E-state index contributed by atoms with van der Waals surface area (Å²) in [5, 5.41) is 13.5. The summed E-state index contributed by atoms with van der Waals surface area (Å²) >= 11 is 0. The number of rotatable bonds is 2. The van der Waals surface area contributed by atoms with Gasteiger partial charge in [0.25, 0.3) is 0 Å². The van der Waals surface area contributed by atoms with Gasteiger partial charge in [0.1, 0.15) is 0 Å². The van der Waals surface area contributed by atoms with Gasteiger partial charge in [0.05, 0.1) is 18.7 Å². The normalized spacial score (nSPS) is 26.8. The van der Waals surface area contributed by atoms with Crippen LogP contribution in [0.25, 0.3) is 0 Å². The molecule has 0 saturated carbocycles. The molecule has 0 bridgehead atoms. The van der Waals surface area contributed by atoms with Crippen molar-refractivity contribution in [1.82, 2.24) is 10.2 Å². The molecule has 5 nitrogen and oxygen atoms in total. The van der Waals surface area contributed by atoms with Crippen LogP contribution < -0.4 is 10.1 Å². The summed E-state index contributed by atoms with van der Waals surface area (Å²) < 4.78 is 5.28. The van der Waals surface area contributed by atoms with Gasteiger partial charge in [0.2, 0.25) is 5.91 Å². The van der Waals surface area contributed by atoms with Crippen LogP contribution in [0, 0.1) is 5.41 Å². The number of methoxy groups -OCH3 is 1. The van der Waals surface area contributed by atoms with Crippen LogP contribution in [0.1, 0.15) is 45.2 Å². The third-order valence-corrected chi connectivity index (χ3v) is 5.26. The molecule has 1 aromatic rings. The summed E-state index contributed by atoms with van der Waals surface area (Å²) in [6, 6.07) is 3.54. The monoisotopic (exact) mass is 332 g/mol. The Morgan fingerprint density at radius 1 is 1.42 bits per heavy atom. The quantitative estimate of drug-likeness (QED) is 0.873. The molecule has 2 heterocycles. The number of piperazine rings is 1. The number of ether oxygens (including phenoxy) is 1. The first-order valence-corrected chi connectivity index (χ1v) is 8.61. The van der Waals surface area contributed by atoms with Crippen molar-refractivity contribution in [2.24, 2.45) is 5.41 Å². The molecule has 0 aliphatic carbocycles. The van der Waals surface area contributed by atoms with Crippen molar-refractivity contribution in [1.29, 1.82) is 0 Å². The van der Waals surface area contributed by atoms with Crippen molar-refractivity contribution >= 4 is 5.91 Å². The number of carbonyl (C=O) groups excluding carboxylic acids is 1. The van der Waals surface area contributed by atoms with Crippen LogP contribution in [0.3, 0.4) is 0 Å². The molecule has 1 saturated heterocycles. The minimum Gasteiger partial charge on any atom is -0.504 e. The van der Waals surface area contributed by atoms with Crippen molar-refractivity contribution in [3.05, 3.63) is 23.3 Å². The zero-order chi connectivity index (χ0) is 17.7. The van der Waals surface area contributed by atoms with Crippen LogP contribution >= 0.6 is 0 Å². The molecule has 2 aliphatic rings. The highest BCUT2D eigenvalue weighted by atomic mass is 16.5. The van der Waals surface area contributed by atoms with Gasteiger partial charge in [-0.2, -0.15) is 0 Å². The summed E-state index contributed by atoms with van der Waals surface area (Å²) in [6.07, 6.45) is 1.58. The largest absolute Gasteiger partial charge is 0.504 e. The van der Waals surface area contributed by atoms with E-state index in [9.17, 15) is 9.90 Å². The highest BCUT2D eigenvalue weighted by Crippen LogP contribution is 2.42. The molecule has 132 valence electrons. The van der Waals surface area contributed by atoms with E-state index in [2.05, 4.69) is 33.0 Å². The first-order chi connectivity index (χ1) is 11.2. The minimum atomic E-state index is -0.403. The van der Waals surface area contributed by atoms with Gasteiger partial charge in [0.15, 0.2) is 11.5 Å². The van der Waals surface area contributed by atoms with E-state index >= 15 is 0 Å². The Labute approximate surface area is 144 Å². The van der Waals surface area contributed by atoms with Crippen molar-refractivity contribution in [2.75, 3.05) is 20.2 Å². The average Bonchev–Trinajstić information content (AvgIpc) is 2.48. The van der Waals surface area contributed by atoms with E-state index in [1.807, 2.05) is 11.0 Å². The second-order valence-electron chi connectivity index (χ2n) is 8.39. The van der Waals surface area contributed by atoms with Crippen LogP contribution in [-0.2, 0) is 16.8 Å². The lowest BCUT2D eigenvalue weighted by molar-refractivity contribution is -0.146.